The first-order valence-corrected chi connectivity index (χ1v) is 20.2. The van der Waals surface area contributed by atoms with Gasteiger partial charge in [0.1, 0.15) is 0 Å². The van der Waals surface area contributed by atoms with E-state index in [1.807, 2.05) is 0 Å². The third-order valence-electron chi connectivity index (χ3n) is 12.3. The molecule has 0 aliphatic rings. The van der Waals surface area contributed by atoms with Crippen LogP contribution >= 0.6 is 0 Å². The molecule has 0 radical (unpaired) electrons. The maximum atomic E-state index is 2.53. The lowest BCUT2D eigenvalue weighted by atomic mass is 9.80. The fourth-order valence-electron chi connectivity index (χ4n) is 9.72. The average molecular weight is 733 g/mol. The predicted molar refractivity (Wildman–Crippen MR) is 251 cm³/mol. The van der Waals surface area contributed by atoms with Gasteiger partial charge in [0.05, 0.1) is 0 Å². The maximum Gasteiger partial charge on any atom is -0.00201 e. The molecule has 58 heavy (non-hydrogen) atoms. The van der Waals surface area contributed by atoms with Crippen LogP contribution in [0.5, 0.6) is 0 Å². The van der Waals surface area contributed by atoms with Crippen molar-refractivity contribution < 1.29 is 0 Å². The molecule has 12 aromatic rings. The molecular formula is C58H36. The minimum absolute atomic E-state index is 1.21. The molecule has 0 fully saturated rings. The minimum atomic E-state index is 1.21. The normalized spacial score (nSPS) is 11.8. The largest absolute Gasteiger partial charge is 0.0622 e. The van der Waals surface area contributed by atoms with Crippen LogP contribution in [0.15, 0.2) is 218 Å². The molecule has 0 heteroatoms. The molecule has 0 amide bonds. The van der Waals surface area contributed by atoms with Gasteiger partial charge in [-0.2, -0.15) is 0 Å². The van der Waals surface area contributed by atoms with E-state index in [0.717, 1.165) is 0 Å². The van der Waals surface area contributed by atoms with Gasteiger partial charge in [0.15, 0.2) is 0 Å². The van der Waals surface area contributed by atoms with Crippen LogP contribution in [0.2, 0.25) is 0 Å². The average Bonchev–Trinajstić information content (AvgIpc) is 3.29. The Morgan fingerprint density at radius 2 is 0.483 bits per heavy atom. The fraction of sp³-hybridized carbons (Fsp3) is 0. The van der Waals surface area contributed by atoms with Gasteiger partial charge in [0.25, 0.3) is 0 Å². The molecule has 0 bridgehead atoms. The predicted octanol–water partition coefficient (Wildman–Crippen LogP) is 16.4. The minimum Gasteiger partial charge on any atom is -0.0622 e. The molecule has 268 valence electrons. The van der Waals surface area contributed by atoms with Gasteiger partial charge in [0, 0.05) is 0 Å². The van der Waals surface area contributed by atoms with Crippen LogP contribution in [0.1, 0.15) is 0 Å². The molecule has 0 heterocycles. The summed E-state index contributed by atoms with van der Waals surface area (Å²) in [6.07, 6.45) is 0. The fourth-order valence-corrected chi connectivity index (χ4v) is 9.72. The highest BCUT2D eigenvalue weighted by molar-refractivity contribution is 6.29. The van der Waals surface area contributed by atoms with E-state index in [0.29, 0.717) is 0 Å². The summed E-state index contributed by atoms with van der Waals surface area (Å²) in [6, 6.07) is 81.2. The van der Waals surface area contributed by atoms with Crippen LogP contribution in [-0.4, -0.2) is 0 Å². The van der Waals surface area contributed by atoms with Crippen molar-refractivity contribution in [3.8, 4) is 44.5 Å². The molecule has 0 unspecified atom stereocenters. The molecule has 0 aromatic heterocycles. The van der Waals surface area contributed by atoms with E-state index in [2.05, 4.69) is 218 Å². The highest BCUT2D eigenvalue weighted by Crippen LogP contribution is 2.50. The molecule has 0 saturated heterocycles. The van der Waals surface area contributed by atoms with Crippen LogP contribution in [0.4, 0.5) is 0 Å². The van der Waals surface area contributed by atoms with E-state index in [-0.39, 0.29) is 0 Å². The van der Waals surface area contributed by atoms with Gasteiger partial charge in [-0.05, 0) is 150 Å². The first kappa shape index (κ1) is 32.7. The summed E-state index contributed by atoms with van der Waals surface area (Å²) < 4.78 is 0. The third-order valence-corrected chi connectivity index (χ3v) is 12.3. The molecule has 12 aromatic carbocycles. The van der Waals surface area contributed by atoms with Crippen molar-refractivity contribution in [3.05, 3.63) is 218 Å². The van der Waals surface area contributed by atoms with Crippen LogP contribution in [-0.2, 0) is 0 Å². The molecule has 12 rings (SSSR count). The van der Waals surface area contributed by atoms with Crippen LogP contribution < -0.4 is 0 Å². The lowest BCUT2D eigenvalue weighted by molar-refractivity contribution is 1.64. The zero-order chi connectivity index (χ0) is 38.2. The smallest absolute Gasteiger partial charge is 0.00201 e. The van der Waals surface area contributed by atoms with E-state index in [1.54, 1.807) is 0 Å². The van der Waals surface area contributed by atoms with Gasteiger partial charge >= 0.3 is 0 Å². The first-order chi connectivity index (χ1) is 28.8. The number of fused-ring (bicyclic) bond motifs is 8. The topological polar surface area (TPSA) is 0 Å². The van der Waals surface area contributed by atoms with Gasteiger partial charge < -0.3 is 0 Å². The SMILES string of the molecule is c1ccc(-c2c(-c3ccc4ccccc4c3)c3ccccc3c3cc4c(-c5ccc6ccccc6c5)c5ccccc5c(-c5ccc6ccccc6c5)c4cc23)cc1. The number of rotatable bonds is 4. The highest BCUT2D eigenvalue weighted by atomic mass is 14.3. The van der Waals surface area contributed by atoms with Gasteiger partial charge in [0.2, 0.25) is 0 Å². The molecule has 0 atom stereocenters. The quantitative estimate of drug-likeness (QED) is 0.125. The van der Waals surface area contributed by atoms with Crippen molar-refractivity contribution in [1.29, 1.82) is 0 Å². The van der Waals surface area contributed by atoms with Crippen LogP contribution in [0, 0.1) is 0 Å². The van der Waals surface area contributed by atoms with E-state index in [9.17, 15) is 0 Å². The van der Waals surface area contributed by atoms with Gasteiger partial charge in [-0.25, -0.2) is 0 Å². The van der Waals surface area contributed by atoms with Crippen molar-refractivity contribution in [1.82, 2.24) is 0 Å². The summed E-state index contributed by atoms with van der Waals surface area (Å²) in [5.41, 5.74) is 9.95. The van der Waals surface area contributed by atoms with Crippen molar-refractivity contribution in [2.24, 2.45) is 0 Å². The van der Waals surface area contributed by atoms with Crippen molar-refractivity contribution in [2.75, 3.05) is 0 Å². The second-order valence-electron chi connectivity index (χ2n) is 15.6. The maximum absolute atomic E-state index is 2.53. The van der Waals surface area contributed by atoms with Crippen LogP contribution in [0.25, 0.3) is 120 Å². The lowest BCUT2D eigenvalue weighted by Gasteiger charge is -2.22. The van der Waals surface area contributed by atoms with E-state index in [4.69, 9.17) is 0 Å². The number of benzene rings is 12. The summed E-state index contributed by atoms with van der Waals surface area (Å²) in [5, 5.41) is 17.5. The van der Waals surface area contributed by atoms with Gasteiger partial charge in [-0.15, -0.1) is 0 Å². The Bertz CT molecular complexity index is 3610. The Hall–Kier alpha value is -7.54. The second kappa shape index (κ2) is 13.0. The van der Waals surface area contributed by atoms with Gasteiger partial charge in [-0.1, -0.05) is 188 Å². The van der Waals surface area contributed by atoms with Crippen molar-refractivity contribution in [3.63, 3.8) is 0 Å². The second-order valence-corrected chi connectivity index (χ2v) is 15.6. The zero-order valence-electron chi connectivity index (χ0n) is 31.8. The standard InChI is InChI=1S/C58H36/c1-2-17-40(18-3-1)57-52-36-54-53(35-51(52)47-22-10-11-23-48(47)58(57)46-31-28-39-16-6-9-21-43(39)34-46)55(44-29-26-37-14-4-7-19-41(37)32-44)49-24-12-13-25-50(49)56(54)45-30-27-38-15-5-8-20-42(38)33-45/h1-36H. The Morgan fingerprint density at radius 1 is 0.155 bits per heavy atom. The molecule has 0 saturated carbocycles. The molecule has 0 N–H and O–H groups in total. The molecule has 0 spiro atoms. The molecule has 0 aliphatic heterocycles. The van der Waals surface area contributed by atoms with Gasteiger partial charge in [-0.3, -0.25) is 0 Å². The summed E-state index contributed by atoms with van der Waals surface area (Å²) in [6.45, 7) is 0. The zero-order valence-corrected chi connectivity index (χ0v) is 31.8. The summed E-state index contributed by atoms with van der Waals surface area (Å²) in [7, 11) is 0. The van der Waals surface area contributed by atoms with E-state index in [1.165, 1.54) is 120 Å². The molecular weight excluding hydrogens is 697 g/mol. The monoisotopic (exact) mass is 732 g/mol. The van der Waals surface area contributed by atoms with Crippen molar-refractivity contribution in [2.45, 2.75) is 0 Å². The van der Waals surface area contributed by atoms with E-state index < -0.39 is 0 Å². The Morgan fingerprint density at radius 3 is 0.966 bits per heavy atom. The van der Waals surface area contributed by atoms with E-state index >= 15 is 0 Å². The van der Waals surface area contributed by atoms with Crippen LogP contribution in [0.3, 0.4) is 0 Å². The Labute approximate surface area is 336 Å². The summed E-state index contributed by atoms with van der Waals surface area (Å²) in [4.78, 5) is 0. The van der Waals surface area contributed by atoms with Crippen molar-refractivity contribution >= 4 is 75.4 Å². The first-order valence-electron chi connectivity index (χ1n) is 20.2. The molecule has 0 aliphatic carbocycles. The summed E-state index contributed by atoms with van der Waals surface area (Å²) >= 11 is 0. The molecule has 0 nitrogen and oxygen atoms in total. The number of hydrogen-bond donors (Lipinski definition) is 0. The third kappa shape index (κ3) is 5.09. The lowest BCUT2D eigenvalue weighted by Crippen LogP contribution is -1.95. The summed E-state index contributed by atoms with van der Waals surface area (Å²) in [5.74, 6) is 0. The number of hydrogen-bond acceptors (Lipinski definition) is 0. The Balaban J connectivity index is 1.30. The Kier molecular flexibility index (Phi) is 7.33. The highest BCUT2D eigenvalue weighted by Gasteiger charge is 2.23.